The zero-order valence-corrected chi connectivity index (χ0v) is 12.2. The molecule has 0 aliphatic heterocycles. The largest absolute Gasteiger partial charge is 0.491 e. The number of nitrogens with one attached hydrogen (secondary N) is 1. The Bertz CT molecular complexity index is 369. The molecule has 0 atom stereocenters. The van der Waals surface area contributed by atoms with Crippen LogP contribution >= 0.6 is 0 Å². The van der Waals surface area contributed by atoms with E-state index in [1.54, 1.807) is 0 Å². The summed E-state index contributed by atoms with van der Waals surface area (Å²) in [6, 6.07) is 6.21. The quantitative estimate of drug-likeness (QED) is 0.789. The maximum absolute atomic E-state index is 5.85. The fraction of sp³-hybridized carbons (Fsp3) is 0.600. The van der Waals surface area contributed by atoms with Gasteiger partial charge in [0.25, 0.3) is 0 Å². The summed E-state index contributed by atoms with van der Waals surface area (Å²) in [6.45, 7) is 10.2. The minimum Gasteiger partial charge on any atom is -0.491 e. The summed E-state index contributed by atoms with van der Waals surface area (Å²) >= 11 is 0. The van der Waals surface area contributed by atoms with Gasteiger partial charge >= 0.3 is 0 Å². The van der Waals surface area contributed by atoms with Crippen molar-refractivity contribution < 1.29 is 9.47 Å². The molecule has 0 aliphatic carbocycles. The van der Waals surface area contributed by atoms with Crippen LogP contribution in [0.3, 0.4) is 0 Å². The molecule has 0 radical (unpaired) electrons. The summed E-state index contributed by atoms with van der Waals surface area (Å²) in [5.74, 6) is 0.976. The van der Waals surface area contributed by atoms with Crippen LogP contribution in [0.4, 0.5) is 0 Å². The highest BCUT2D eigenvalue weighted by Crippen LogP contribution is 2.23. The van der Waals surface area contributed by atoms with Gasteiger partial charge in [0.2, 0.25) is 0 Å². The van der Waals surface area contributed by atoms with Gasteiger partial charge in [-0.25, -0.2) is 0 Å². The molecule has 3 nitrogen and oxygen atoms in total. The van der Waals surface area contributed by atoms with Crippen molar-refractivity contribution in [2.24, 2.45) is 0 Å². The Kier molecular flexibility index (Phi) is 5.63. The number of aryl methyl sites for hydroxylation is 1. The first-order valence-corrected chi connectivity index (χ1v) is 6.44. The molecule has 0 amide bonds. The lowest BCUT2D eigenvalue weighted by Crippen LogP contribution is -2.22. The molecule has 1 aromatic rings. The van der Waals surface area contributed by atoms with Gasteiger partial charge < -0.3 is 14.8 Å². The van der Waals surface area contributed by atoms with Crippen molar-refractivity contribution in [1.29, 1.82) is 0 Å². The van der Waals surface area contributed by atoms with Crippen molar-refractivity contribution >= 4 is 0 Å². The molecule has 0 aliphatic rings. The van der Waals surface area contributed by atoms with E-state index in [1.807, 2.05) is 27.8 Å². The van der Waals surface area contributed by atoms with Gasteiger partial charge in [-0.05, 0) is 40.3 Å². The van der Waals surface area contributed by atoms with Crippen molar-refractivity contribution in [1.82, 2.24) is 5.32 Å². The topological polar surface area (TPSA) is 30.5 Å². The lowest BCUT2D eigenvalue weighted by Gasteiger charge is -2.20. The SMILES string of the molecule is CNCc1cccc(C)c1OCCOC(C)(C)C. The highest BCUT2D eigenvalue weighted by atomic mass is 16.5. The van der Waals surface area contributed by atoms with E-state index in [0.29, 0.717) is 13.2 Å². The lowest BCUT2D eigenvalue weighted by atomic mass is 10.1. The molecular formula is C15H25NO2. The molecule has 0 spiro atoms. The van der Waals surface area contributed by atoms with Gasteiger partial charge in [-0.2, -0.15) is 0 Å². The van der Waals surface area contributed by atoms with E-state index in [2.05, 4.69) is 30.4 Å². The van der Waals surface area contributed by atoms with E-state index >= 15 is 0 Å². The highest BCUT2D eigenvalue weighted by molar-refractivity contribution is 5.40. The van der Waals surface area contributed by atoms with Crippen molar-refractivity contribution in [3.05, 3.63) is 29.3 Å². The fourth-order valence-electron chi connectivity index (χ4n) is 1.74. The molecule has 1 aromatic carbocycles. The molecule has 0 aromatic heterocycles. The second-order valence-electron chi connectivity index (χ2n) is 5.40. The molecule has 0 fully saturated rings. The molecule has 1 rings (SSSR count). The second kappa shape index (κ2) is 6.76. The van der Waals surface area contributed by atoms with Crippen LogP contribution in [0.25, 0.3) is 0 Å². The Labute approximate surface area is 110 Å². The molecular weight excluding hydrogens is 226 g/mol. The Balaban J connectivity index is 2.55. The number of para-hydroxylation sites is 1. The van der Waals surface area contributed by atoms with E-state index in [-0.39, 0.29) is 5.60 Å². The lowest BCUT2D eigenvalue weighted by molar-refractivity contribution is -0.0164. The van der Waals surface area contributed by atoms with Crippen LogP contribution in [0.15, 0.2) is 18.2 Å². The average molecular weight is 251 g/mol. The third kappa shape index (κ3) is 5.07. The monoisotopic (exact) mass is 251 g/mol. The molecule has 1 N–H and O–H groups in total. The number of ether oxygens (including phenoxy) is 2. The van der Waals surface area contributed by atoms with Crippen LogP contribution in [-0.4, -0.2) is 25.9 Å². The normalized spacial score (nSPS) is 11.6. The second-order valence-corrected chi connectivity index (χ2v) is 5.40. The van der Waals surface area contributed by atoms with Crippen molar-refractivity contribution in [2.45, 2.75) is 39.8 Å². The highest BCUT2D eigenvalue weighted by Gasteiger charge is 2.10. The first-order chi connectivity index (χ1) is 8.44. The average Bonchev–Trinajstić information content (AvgIpc) is 2.26. The molecule has 102 valence electrons. The van der Waals surface area contributed by atoms with Gasteiger partial charge in [0.15, 0.2) is 0 Å². The standard InChI is InChI=1S/C15H25NO2/c1-12-7-6-8-13(11-16-5)14(12)17-9-10-18-15(2,3)4/h6-8,16H,9-11H2,1-5H3. The van der Waals surface area contributed by atoms with E-state index in [4.69, 9.17) is 9.47 Å². The van der Waals surface area contributed by atoms with Crippen molar-refractivity contribution in [2.75, 3.05) is 20.3 Å². The fourth-order valence-corrected chi connectivity index (χ4v) is 1.74. The summed E-state index contributed by atoms with van der Waals surface area (Å²) in [7, 11) is 1.94. The van der Waals surface area contributed by atoms with Crippen LogP contribution in [0.1, 0.15) is 31.9 Å². The van der Waals surface area contributed by atoms with Crippen LogP contribution in [0, 0.1) is 6.92 Å². The summed E-state index contributed by atoms with van der Waals surface area (Å²) < 4.78 is 11.5. The summed E-state index contributed by atoms with van der Waals surface area (Å²) in [6.07, 6.45) is 0. The van der Waals surface area contributed by atoms with Gasteiger partial charge in [0, 0.05) is 12.1 Å². The first-order valence-electron chi connectivity index (χ1n) is 6.44. The number of rotatable bonds is 6. The molecule has 0 saturated heterocycles. The van der Waals surface area contributed by atoms with Crippen molar-refractivity contribution in [3.63, 3.8) is 0 Å². The molecule has 0 heterocycles. The predicted molar refractivity (Wildman–Crippen MR) is 75.1 cm³/mol. The predicted octanol–water partition coefficient (Wildman–Crippen LogP) is 2.91. The van der Waals surface area contributed by atoms with E-state index in [0.717, 1.165) is 12.3 Å². The van der Waals surface area contributed by atoms with Gasteiger partial charge in [-0.3, -0.25) is 0 Å². The van der Waals surface area contributed by atoms with E-state index < -0.39 is 0 Å². The summed E-state index contributed by atoms with van der Waals surface area (Å²) in [5.41, 5.74) is 2.25. The number of benzene rings is 1. The number of hydrogen-bond acceptors (Lipinski definition) is 3. The van der Waals surface area contributed by atoms with Gasteiger partial charge in [0.1, 0.15) is 12.4 Å². The van der Waals surface area contributed by atoms with Crippen LogP contribution < -0.4 is 10.1 Å². The minimum atomic E-state index is -0.108. The Morgan fingerprint density at radius 1 is 1.17 bits per heavy atom. The van der Waals surface area contributed by atoms with Crippen LogP contribution in [-0.2, 0) is 11.3 Å². The third-order valence-corrected chi connectivity index (χ3v) is 2.53. The third-order valence-electron chi connectivity index (χ3n) is 2.53. The van der Waals surface area contributed by atoms with E-state index in [9.17, 15) is 0 Å². The number of hydrogen-bond donors (Lipinski definition) is 1. The molecule has 0 unspecified atom stereocenters. The zero-order valence-electron chi connectivity index (χ0n) is 12.2. The molecule has 3 heteroatoms. The summed E-state index contributed by atoms with van der Waals surface area (Å²) in [5, 5.41) is 3.16. The Hall–Kier alpha value is -1.06. The Morgan fingerprint density at radius 2 is 1.89 bits per heavy atom. The minimum absolute atomic E-state index is 0.108. The Morgan fingerprint density at radius 3 is 2.50 bits per heavy atom. The molecule has 0 saturated carbocycles. The molecule has 18 heavy (non-hydrogen) atoms. The van der Waals surface area contributed by atoms with Gasteiger partial charge in [-0.1, -0.05) is 18.2 Å². The maximum atomic E-state index is 5.85. The maximum Gasteiger partial charge on any atom is 0.126 e. The van der Waals surface area contributed by atoms with Crippen LogP contribution in [0.2, 0.25) is 0 Å². The zero-order chi connectivity index (χ0) is 13.6. The summed E-state index contributed by atoms with van der Waals surface area (Å²) in [4.78, 5) is 0. The first kappa shape index (κ1) is 15.0. The van der Waals surface area contributed by atoms with Gasteiger partial charge in [0.05, 0.1) is 12.2 Å². The molecule has 0 bridgehead atoms. The smallest absolute Gasteiger partial charge is 0.126 e. The van der Waals surface area contributed by atoms with Crippen LogP contribution in [0.5, 0.6) is 5.75 Å². The van der Waals surface area contributed by atoms with Crippen molar-refractivity contribution in [3.8, 4) is 5.75 Å². The van der Waals surface area contributed by atoms with Gasteiger partial charge in [-0.15, -0.1) is 0 Å². The van der Waals surface area contributed by atoms with E-state index in [1.165, 1.54) is 11.1 Å².